The molecule has 7 nitrogen and oxygen atoms in total. The van der Waals surface area contributed by atoms with Gasteiger partial charge in [-0.25, -0.2) is 10.2 Å². The first-order chi connectivity index (χ1) is 18.5. The van der Waals surface area contributed by atoms with E-state index in [9.17, 15) is 9.59 Å². The second-order valence-corrected chi connectivity index (χ2v) is 8.61. The summed E-state index contributed by atoms with van der Waals surface area (Å²) in [5, 5.41) is 4.51. The first-order valence-corrected chi connectivity index (χ1v) is 12.2. The van der Waals surface area contributed by atoms with E-state index in [1.165, 1.54) is 6.21 Å². The van der Waals surface area contributed by atoms with Crippen LogP contribution in [0.5, 0.6) is 17.2 Å². The number of benzene rings is 4. The van der Waals surface area contributed by atoms with E-state index in [0.717, 1.165) is 5.56 Å². The van der Waals surface area contributed by atoms with Crippen LogP contribution >= 0.6 is 11.6 Å². The van der Waals surface area contributed by atoms with Crippen molar-refractivity contribution in [3.8, 4) is 17.2 Å². The van der Waals surface area contributed by atoms with E-state index >= 15 is 0 Å². The second kappa shape index (κ2) is 13.1. The molecule has 0 aliphatic carbocycles. The van der Waals surface area contributed by atoms with E-state index in [-0.39, 0.29) is 0 Å². The van der Waals surface area contributed by atoms with Crippen LogP contribution in [0, 0.1) is 0 Å². The molecule has 0 aromatic heterocycles. The van der Waals surface area contributed by atoms with E-state index < -0.39 is 18.0 Å². The van der Waals surface area contributed by atoms with E-state index in [1.807, 2.05) is 30.3 Å². The van der Waals surface area contributed by atoms with E-state index in [4.69, 9.17) is 25.8 Å². The standard InChI is InChI=1S/C30H25ClN2O5/c1-21(37-27-17-15-26(16-18-27)36-20-22-7-3-2-4-8-22)29(34)33-32-19-24-9-5-6-10-28(24)38-30(35)23-11-13-25(31)14-12-23/h2-19,21H,20H2,1H3,(H,33,34). The van der Waals surface area contributed by atoms with Gasteiger partial charge in [-0.1, -0.05) is 54.1 Å². The summed E-state index contributed by atoms with van der Waals surface area (Å²) in [7, 11) is 0. The smallest absolute Gasteiger partial charge is 0.343 e. The van der Waals surface area contributed by atoms with Gasteiger partial charge in [0.05, 0.1) is 11.8 Å². The quantitative estimate of drug-likeness (QED) is 0.117. The zero-order chi connectivity index (χ0) is 26.7. The number of hydrogen-bond donors (Lipinski definition) is 1. The molecule has 38 heavy (non-hydrogen) atoms. The molecule has 0 radical (unpaired) electrons. The zero-order valence-electron chi connectivity index (χ0n) is 20.5. The largest absolute Gasteiger partial charge is 0.489 e. The summed E-state index contributed by atoms with van der Waals surface area (Å²) in [6.07, 6.45) is 0.592. The minimum Gasteiger partial charge on any atom is -0.489 e. The third-order valence-corrected chi connectivity index (χ3v) is 5.59. The monoisotopic (exact) mass is 528 g/mol. The number of halogens is 1. The molecule has 1 N–H and O–H groups in total. The lowest BCUT2D eigenvalue weighted by Gasteiger charge is -2.13. The molecule has 0 spiro atoms. The molecule has 1 amide bonds. The predicted molar refractivity (Wildman–Crippen MR) is 146 cm³/mol. The maximum absolute atomic E-state index is 12.5. The van der Waals surface area contributed by atoms with Crippen LogP contribution in [0.25, 0.3) is 0 Å². The topological polar surface area (TPSA) is 86.2 Å². The number of amides is 1. The summed E-state index contributed by atoms with van der Waals surface area (Å²) < 4.78 is 17.0. The van der Waals surface area contributed by atoms with E-state index in [0.29, 0.717) is 40.0 Å². The van der Waals surface area contributed by atoms with Crippen molar-refractivity contribution < 1.29 is 23.8 Å². The summed E-state index contributed by atoms with van der Waals surface area (Å²) in [6, 6.07) is 30.1. The van der Waals surface area contributed by atoms with Gasteiger partial charge in [0.25, 0.3) is 5.91 Å². The van der Waals surface area contributed by atoms with Crippen molar-refractivity contribution in [1.82, 2.24) is 5.43 Å². The number of nitrogens with one attached hydrogen (secondary N) is 1. The van der Waals surface area contributed by atoms with Crippen molar-refractivity contribution in [1.29, 1.82) is 0 Å². The highest BCUT2D eigenvalue weighted by molar-refractivity contribution is 6.30. The normalized spacial score (nSPS) is 11.5. The molecule has 0 bridgehead atoms. The Hall–Kier alpha value is -4.62. The fraction of sp³-hybridized carbons (Fsp3) is 0.100. The SMILES string of the molecule is CC(Oc1ccc(OCc2ccccc2)cc1)C(=O)NN=Cc1ccccc1OC(=O)c1ccc(Cl)cc1. The number of nitrogens with zero attached hydrogens (tertiary/aromatic N) is 1. The maximum Gasteiger partial charge on any atom is 0.343 e. The van der Waals surface area contributed by atoms with Crippen LogP contribution in [0.15, 0.2) is 108 Å². The first kappa shape index (κ1) is 26.4. The van der Waals surface area contributed by atoms with E-state index in [2.05, 4.69) is 10.5 Å². The van der Waals surface area contributed by atoms with Gasteiger partial charge in [0, 0.05) is 10.6 Å². The Bertz CT molecular complexity index is 1390. The highest BCUT2D eigenvalue weighted by Gasteiger charge is 2.15. The van der Waals surface area contributed by atoms with Gasteiger partial charge < -0.3 is 14.2 Å². The van der Waals surface area contributed by atoms with Crippen LogP contribution in [0.2, 0.25) is 5.02 Å². The summed E-state index contributed by atoms with van der Waals surface area (Å²) in [6.45, 7) is 2.08. The third-order valence-electron chi connectivity index (χ3n) is 5.33. The lowest BCUT2D eigenvalue weighted by molar-refractivity contribution is -0.127. The average molecular weight is 529 g/mol. The van der Waals surface area contributed by atoms with Crippen molar-refractivity contribution in [2.45, 2.75) is 19.6 Å². The number of esters is 1. The molecule has 4 aromatic rings. The van der Waals surface area contributed by atoms with Gasteiger partial charge in [-0.15, -0.1) is 0 Å². The van der Waals surface area contributed by atoms with Crippen LogP contribution in [0.1, 0.15) is 28.4 Å². The Balaban J connectivity index is 1.28. The van der Waals surface area contributed by atoms with Crippen LogP contribution in [-0.2, 0) is 11.4 Å². The molecule has 4 rings (SSSR count). The Morgan fingerprint density at radius 3 is 2.26 bits per heavy atom. The molecule has 0 saturated heterocycles. The molecule has 8 heteroatoms. The number of carbonyl (C=O) groups is 2. The summed E-state index contributed by atoms with van der Waals surface area (Å²) >= 11 is 5.87. The maximum atomic E-state index is 12.5. The molecular formula is C30H25ClN2O5. The molecule has 4 aromatic carbocycles. The van der Waals surface area contributed by atoms with Crippen molar-refractivity contribution in [3.05, 3.63) is 125 Å². The number of rotatable bonds is 10. The van der Waals surface area contributed by atoms with E-state index in [1.54, 1.807) is 79.7 Å². The summed E-state index contributed by atoms with van der Waals surface area (Å²) in [5.74, 6) is 0.525. The number of hydrogen-bond acceptors (Lipinski definition) is 6. The Labute approximate surface area is 225 Å². The molecule has 1 atom stereocenters. The lowest BCUT2D eigenvalue weighted by atomic mass is 10.2. The number of carbonyl (C=O) groups excluding carboxylic acids is 2. The number of hydrazone groups is 1. The lowest BCUT2D eigenvalue weighted by Crippen LogP contribution is -2.33. The van der Waals surface area contributed by atoms with Crippen LogP contribution < -0.4 is 19.6 Å². The molecule has 0 aliphatic rings. The highest BCUT2D eigenvalue weighted by atomic mass is 35.5. The Kier molecular flexibility index (Phi) is 9.10. The molecule has 0 fully saturated rings. The van der Waals surface area contributed by atoms with Gasteiger partial charge in [0.2, 0.25) is 0 Å². The molecular weight excluding hydrogens is 504 g/mol. The molecule has 0 heterocycles. The molecule has 192 valence electrons. The van der Waals surface area contributed by atoms with Crippen molar-refractivity contribution in [2.75, 3.05) is 0 Å². The van der Waals surface area contributed by atoms with Crippen molar-refractivity contribution in [3.63, 3.8) is 0 Å². The highest BCUT2D eigenvalue weighted by Crippen LogP contribution is 2.20. The minimum absolute atomic E-state index is 0.296. The van der Waals surface area contributed by atoms with Gasteiger partial charge in [-0.2, -0.15) is 5.10 Å². The van der Waals surface area contributed by atoms with Crippen LogP contribution in [-0.4, -0.2) is 24.2 Å². The molecule has 1 unspecified atom stereocenters. The first-order valence-electron chi connectivity index (χ1n) is 11.8. The predicted octanol–water partition coefficient (Wildman–Crippen LogP) is 6.06. The van der Waals surface area contributed by atoms with Gasteiger partial charge in [0.15, 0.2) is 6.10 Å². The Morgan fingerprint density at radius 2 is 1.53 bits per heavy atom. The number of para-hydroxylation sites is 1. The van der Waals surface area contributed by atoms with Gasteiger partial charge in [-0.3, -0.25) is 4.79 Å². The van der Waals surface area contributed by atoms with Gasteiger partial charge >= 0.3 is 5.97 Å². The Morgan fingerprint density at radius 1 is 0.868 bits per heavy atom. The zero-order valence-corrected chi connectivity index (χ0v) is 21.3. The van der Waals surface area contributed by atoms with Crippen molar-refractivity contribution >= 4 is 29.7 Å². The number of ether oxygens (including phenoxy) is 3. The molecule has 0 saturated carbocycles. The summed E-state index contributed by atoms with van der Waals surface area (Å²) in [4.78, 5) is 24.9. The van der Waals surface area contributed by atoms with Crippen molar-refractivity contribution in [2.24, 2.45) is 5.10 Å². The third kappa shape index (κ3) is 7.69. The summed E-state index contributed by atoms with van der Waals surface area (Å²) in [5.41, 5.74) is 4.38. The van der Waals surface area contributed by atoms with Gasteiger partial charge in [0.1, 0.15) is 23.9 Å². The van der Waals surface area contributed by atoms with Gasteiger partial charge in [-0.05, 0) is 73.2 Å². The van der Waals surface area contributed by atoms with Crippen LogP contribution in [0.3, 0.4) is 0 Å². The van der Waals surface area contributed by atoms with Crippen LogP contribution in [0.4, 0.5) is 0 Å². The average Bonchev–Trinajstić information content (AvgIpc) is 2.94. The second-order valence-electron chi connectivity index (χ2n) is 8.17. The fourth-order valence-electron chi connectivity index (χ4n) is 3.29. The minimum atomic E-state index is -0.804. The fourth-order valence-corrected chi connectivity index (χ4v) is 3.42. The molecule has 0 aliphatic heterocycles.